The highest BCUT2D eigenvalue weighted by Crippen LogP contribution is 2.23. The van der Waals surface area contributed by atoms with Crippen molar-refractivity contribution in [3.05, 3.63) is 54.5 Å². The summed E-state index contributed by atoms with van der Waals surface area (Å²) in [5, 5.41) is 0. The summed E-state index contributed by atoms with van der Waals surface area (Å²) in [5.41, 5.74) is 3.36. The number of rotatable bonds is 5. The third kappa shape index (κ3) is 3.57. The summed E-state index contributed by atoms with van der Waals surface area (Å²) in [6.45, 7) is 2.13. The minimum Gasteiger partial charge on any atom is -0.296 e. The van der Waals surface area contributed by atoms with Gasteiger partial charge >= 0.3 is 0 Å². The Balaban J connectivity index is 1.56. The van der Waals surface area contributed by atoms with Crippen LogP contribution < -0.4 is 10.4 Å². The van der Waals surface area contributed by atoms with Crippen LogP contribution in [0.1, 0.15) is 25.0 Å². The minimum absolute atomic E-state index is 0.115. The summed E-state index contributed by atoms with van der Waals surface area (Å²) in [4.78, 5) is 39.4. The molecule has 24 heavy (non-hydrogen) atoms. The highest BCUT2D eigenvalue weighted by molar-refractivity contribution is 5.99. The summed E-state index contributed by atoms with van der Waals surface area (Å²) in [6.07, 6.45) is 4.79. The number of hydrogen-bond donors (Lipinski definition) is 1. The maximum Gasteiger partial charge on any atom is 0.248 e. The van der Waals surface area contributed by atoms with Crippen molar-refractivity contribution < 1.29 is 14.4 Å². The van der Waals surface area contributed by atoms with Crippen molar-refractivity contribution in [2.24, 2.45) is 5.92 Å². The van der Waals surface area contributed by atoms with Crippen molar-refractivity contribution in [2.75, 3.05) is 11.4 Å². The van der Waals surface area contributed by atoms with Gasteiger partial charge in [0.1, 0.15) is 11.9 Å². The van der Waals surface area contributed by atoms with Gasteiger partial charge in [0.25, 0.3) is 0 Å². The van der Waals surface area contributed by atoms with Crippen LogP contribution in [-0.4, -0.2) is 28.3 Å². The Bertz CT molecular complexity index is 708. The lowest BCUT2D eigenvalue weighted by Crippen LogP contribution is -2.33. The van der Waals surface area contributed by atoms with Gasteiger partial charge in [-0.25, -0.2) is 10.5 Å². The lowest BCUT2D eigenvalue weighted by molar-refractivity contribution is -0.142. The van der Waals surface area contributed by atoms with Gasteiger partial charge in [-0.2, -0.15) is 0 Å². The van der Waals surface area contributed by atoms with Gasteiger partial charge in [0.15, 0.2) is 0 Å². The molecule has 7 heteroatoms. The molecule has 3 heterocycles. The molecule has 2 aromatic rings. The van der Waals surface area contributed by atoms with E-state index in [1.165, 1.54) is 4.90 Å². The predicted molar refractivity (Wildman–Crippen MR) is 86.6 cm³/mol. The second-order valence-corrected chi connectivity index (χ2v) is 5.60. The third-order valence-electron chi connectivity index (χ3n) is 3.93. The Labute approximate surface area is 139 Å². The second kappa shape index (κ2) is 7.18. The van der Waals surface area contributed by atoms with E-state index in [4.69, 9.17) is 4.84 Å². The molecule has 1 aliphatic heterocycles. The molecule has 0 radical (unpaired) electrons. The quantitative estimate of drug-likeness (QED) is 0.844. The molecule has 1 N–H and O–H groups in total. The van der Waals surface area contributed by atoms with E-state index >= 15 is 0 Å². The first-order valence-corrected chi connectivity index (χ1v) is 7.72. The molecule has 124 valence electrons. The summed E-state index contributed by atoms with van der Waals surface area (Å²) >= 11 is 0. The predicted octanol–water partition coefficient (Wildman–Crippen LogP) is 1.64. The number of hydrogen-bond acceptors (Lipinski definition) is 5. The van der Waals surface area contributed by atoms with Crippen LogP contribution >= 0.6 is 0 Å². The largest absolute Gasteiger partial charge is 0.296 e. The lowest BCUT2D eigenvalue weighted by atomic mass is 10.1. The number of amides is 2. The van der Waals surface area contributed by atoms with Gasteiger partial charge in [0.2, 0.25) is 11.8 Å². The Hall–Kier alpha value is -2.80. The fourth-order valence-corrected chi connectivity index (χ4v) is 2.55. The minimum atomic E-state index is -0.454. The van der Waals surface area contributed by atoms with E-state index in [2.05, 4.69) is 15.4 Å². The zero-order chi connectivity index (χ0) is 16.9. The van der Waals surface area contributed by atoms with E-state index in [0.717, 1.165) is 5.56 Å². The first kappa shape index (κ1) is 16.1. The Morgan fingerprint density at radius 2 is 2.08 bits per heavy atom. The number of nitrogens with one attached hydrogen (secondary N) is 1. The molecule has 1 aliphatic rings. The zero-order valence-corrected chi connectivity index (χ0v) is 13.3. The molecular weight excluding hydrogens is 308 g/mol. The molecule has 2 aromatic heterocycles. The number of nitrogens with zero attached hydrogens (tertiary/aromatic N) is 3. The molecule has 0 spiro atoms. The number of pyridine rings is 2. The van der Waals surface area contributed by atoms with Gasteiger partial charge in [-0.1, -0.05) is 6.07 Å². The molecule has 0 aromatic carbocycles. The van der Waals surface area contributed by atoms with Crippen LogP contribution in [0.2, 0.25) is 0 Å². The summed E-state index contributed by atoms with van der Waals surface area (Å²) in [5.74, 6) is -0.313. The molecule has 7 nitrogen and oxygen atoms in total. The van der Waals surface area contributed by atoms with Crippen LogP contribution in [0.25, 0.3) is 0 Å². The van der Waals surface area contributed by atoms with Crippen LogP contribution in [0.15, 0.2) is 48.9 Å². The molecule has 1 unspecified atom stereocenters. The Kier molecular flexibility index (Phi) is 4.81. The topological polar surface area (TPSA) is 84.4 Å². The van der Waals surface area contributed by atoms with Crippen LogP contribution in [0, 0.1) is 5.92 Å². The third-order valence-corrected chi connectivity index (χ3v) is 3.93. The SMILES string of the molecule is C[C@H](ONC(=O)C1CC(=O)N(c2ccccn2)C1)c1ccncc1. The molecule has 2 amide bonds. The molecule has 0 saturated carbocycles. The molecule has 3 rings (SSSR count). The second-order valence-electron chi connectivity index (χ2n) is 5.60. The first-order chi connectivity index (χ1) is 11.6. The lowest BCUT2D eigenvalue weighted by Gasteiger charge is -2.17. The molecule has 1 saturated heterocycles. The Morgan fingerprint density at radius 3 is 2.79 bits per heavy atom. The van der Waals surface area contributed by atoms with E-state index in [0.29, 0.717) is 12.4 Å². The standard InChI is InChI=1S/C17H18N4O3/c1-12(13-5-8-18-9-6-13)24-20-17(23)14-10-16(22)21(11-14)15-4-2-3-7-19-15/h2-9,12,14H,10-11H2,1H3,(H,20,23)/t12-,14?/m0/s1. The molecule has 1 fully saturated rings. The van der Waals surface area contributed by atoms with Crippen molar-refractivity contribution >= 4 is 17.6 Å². The smallest absolute Gasteiger partial charge is 0.248 e. The fourth-order valence-electron chi connectivity index (χ4n) is 2.55. The average Bonchev–Trinajstić information content (AvgIpc) is 3.02. The van der Waals surface area contributed by atoms with Gasteiger partial charge in [-0.15, -0.1) is 0 Å². The van der Waals surface area contributed by atoms with Gasteiger partial charge in [0, 0.05) is 31.6 Å². The van der Waals surface area contributed by atoms with Crippen molar-refractivity contribution in [2.45, 2.75) is 19.4 Å². The molecule has 2 atom stereocenters. The van der Waals surface area contributed by atoms with E-state index < -0.39 is 5.92 Å². The average molecular weight is 326 g/mol. The van der Waals surface area contributed by atoms with Crippen molar-refractivity contribution in [3.8, 4) is 0 Å². The van der Waals surface area contributed by atoms with Gasteiger partial charge in [-0.3, -0.25) is 24.3 Å². The van der Waals surface area contributed by atoms with E-state index in [-0.39, 0.29) is 24.3 Å². The van der Waals surface area contributed by atoms with E-state index in [1.807, 2.05) is 25.1 Å². The normalized spacial score (nSPS) is 18.5. The summed E-state index contributed by atoms with van der Waals surface area (Å²) < 4.78 is 0. The first-order valence-electron chi connectivity index (χ1n) is 7.72. The fraction of sp³-hybridized carbons (Fsp3) is 0.294. The number of aromatic nitrogens is 2. The van der Waals surface area contributed by atoms with E-state index in [9.17, 15) is 9.59 Å². The maximum absolute atomic E-state index is 12.3. The molecular formula is C17H18N4O3. The van der Waals surface area contributed by atoms with Gasteiger partial charge in [-0.05, 0) is 36.8 Å². The van der Waals surface area contributed by atoms with E-state index in [1.54, 1.807) is 30.7 Å². The number of anilines is 1. The highest BCUT2D eigenvalue weighted by Gasteiger charge is 2.36. The van der Waals surface area contributed by atoms with Crippen LogP contribution in [0.5, 0.6) is 0 Å². The number of hydroxylamine groups is 1. The zero-order valence-electron chi connectivity index (χ0n) is 13.3. The highest BCUT2D eigenvalue weighted by atomic mass is 16.7. The van der Waals surface area contributed by atoms with Crippen molar-refractivity contribution in [3.63, 3.8) is 0 Å². The van der Waals surface area contributed by atoms with Gasteiger partial charge in [0.05, 0.1) is 5.92 Å². The van der Waals surface area contributed by atoms with Crippen LogP contribution in [0.3, 0.4) is 0 Å². The number of carbonyl (C=O) groups is 2. The van der Waals surface area contributed by atoms with Crippen LogP contribution in [0.4, 0.5) is 5.82 Å². The van der Waals surface area contributed by atoms with Crippen molar-refractivity contribution in [1.82, 2.24) is 15.4 Å². The summed E-state index contributed by atoms with van der Waals surface area (Å²) in [6, 6.07) is 8.97. The Morgan fingerprint density at radius 1 is 1.29 bits per heavy atom. The monoisotopic (exact) mass is 326 g/mol. The number of carbonyl (C=O) groups excluding carboxylic acids is 2. The maximum atomic E-state index is 12.3. The van der Waals surface area contributed by atoms with Crippen molar-refractivity contribution in [1.29, 1.82) is 0 Å². The van der Waals surface area contributed by atoms with Crippen LogP contribution in [-0.2, 0) is 14.4 Å². The van der Waals surface area contributed by atoms with Gasteiger partial charge < -0.3 is 0 Å². The molecule has 0 bridgehead atoms. The summed E-state index contributed by atoms with van der Waals surface area (Å²) in [7, 11) is 0. The molecule has 0 aliphatic carbocycles.